The third-order valence-corrected chi connectivity index (χ3v) is 6.09. The maximum Gasteiger partial charge on any atom is 0.151 e. The quantitative estimate of drug-likeness (QED) is 0.698. The molecule has 3 fully saturated rings. The predicted octanol–water partition coefficient (Wildman–Crippen LogP) is 1.95. The normalized spacial score (nSPS) is 25.9. The molecule has 150 valence electrons. The van der Waals surface area contributed by atoms with Crippen LogP contribution in [0.3, 0.4) is 0 Å². The van der Waals surface area contributed by atoms with Gasteiger partial charge in [-0.25, -0.2) is 9.07 Å². The summed E-state index contributed by atoms with van der Waals surface area (Å²) in [6, 6.07) is 8.57. The summed E-state index contributed by atoms with van der Waals surface area (Å²) in [4.78, 5) is 1.91. The summed E-state index contributed by atoms with van der Waals surface area (Å²) in [5.74, 6) is 0.982. The van der Waals surface area contributed by atoms with Gasteiger partial charge in [-0.05, 0) is 43.0 Å². The van der Waals surface area contributed by atoms with E-state index < -0.39 is 6.17 Å². The molecular formula is C20H22FN7O. The number of phenolic OH excluding ortho intramolecular Hbond substituents is 1. The van der Waals surface area contributed by atoms with Gasteiger partial charge in [0.15, 0.2) is 5.82 Å². The molecule has 0 spiro atoms. The summed E-state index contributed by atoms with van der Waals surface area (Å²) >= 11 is 0. The third-order valence-electron chi connectivity index (χ3n) is 6.09. The van der Waals surface area contributed by atoms with E-state index in [1.54, 1.807) is 35.3 Å². The minimum Gasteiger partial charge on any atom is -0.507 e. The van der Waals surface area contributed by atoms with Crippen molar-refractivity contribution in [3.8, 4) is 22.7 Å². The standard InChI is InChI=1S/C20H22FN7O/c1-27(20-12-2-5-16(19(20)21)22-11-12)18-7-6-15(24-25-18)14-4-3-13(10-17(14)29)28-9-8-23-26-28/h3-4,6-10,12,16,19-20,22,29H,2,5,11H2,1H3/t12-,16-,19-,20-/m1/s1. The zero-order valence-electron chi connectivity index (χ0n) is 16.0. The molecule has 2 aromatic heterocycles. The van der Waals surface area contributed by atoms with E-state index in [9.17, 15) is 9.50 Å². The molecule has 2 N–H and O–H groups in total. The summed E-state index contributed by atoms with van der Waals surface area (Å²) in [7, 11) is 1.88. The van der Waals surface area contributed by atoms with Crippen LogP contribution in [0.2, 0.25) is 0 Å². The highest BCUT2D eigenvalue weighted by atomic mass is 19.1. The lowest BCUT2D eigenvalue weighted by Crippen LogP contribution is -2.64. The zero-order chi connectivity index (χ0) is 20.0. The number of benzene rings is 1. The van der Waals surface area contributed by atoms with Gasteiger partial charge in [-0.3, -0.25) is 0 Å². The molecule has 0 unspecified atom stereocenters. The maximum atomic E-state index is 14.8. The van der Waals surface area contributed by atoms with Crippen molar-refractivity contribution in [3.63, 3.8) is 0 Å². The van der Waals surface area contributed by atoms with Crippen molar-refractivity contribution in [2.24, 2.45) is 5.92 Å². The number of hydrogen-bond donors (Lipinski definition) is 2. The van der Waals surface area contributed by atoms with Gasteiger partial charge in [0.2, 0.25) is 0 Å². The Morgan fingerprint density at radius 3 is 2.72 bits per heavy atom. The highest BCUT2D eigenvalue weighted by molar-refractivity contribution is 5.69. The summed E-state index contributed by atoms with van der Waals surface area (Å²) in [5.41, 5.74) is 1.82. The molecule has 4 heterocycles. The van der Waals surface area contributed by atoms with Crippen LogP contribution in [-0.4, -0.2) is 62.1 Å². The molecule has 1 saturated carbocycles. The van der Waals surface area contributed by atoms with Crippen molar-refractivity contribution in [2.75, 3.05) is 18.5 Å². The minimum absolute atomic E-state index is 0.0693. The Kier molecular flexibility index (Phi) is 4.39. The van der Waals surface area contributed by atoms with Crippen molar-refractivity contribution in [1.82, 2.24) is 30.5 Å². The lowest BCUT2D eigenvalue weighted by atomic mass is 9.75. The third kappa shape index (κ3) is 3.11. The molecule has 4 atom stereocenters. The highest BCUT2D eigenvalue weighted by Crippen LogP contribution is 2.36. The Balaban J connectivity index is 1.38. The summed E-state index contributed by atoms with van der Waals surface area (Å²) < 4.78 is 16.4. The Hall–Kier alpha value is -3.07. The Morgan fingerprint density at radius 2 is 2.10 bits per heavy atom. The largest absolute Gasteiger partial charge is 0.507 e. The molecule has 6 rings (SSSR count). The number of anilines is 1. The fourth-order valence-electron chi connectivity index (χ4n) is 4.53. The van der Waals surface area contributed by atoms with Crippen molar-refractivity contribution < 1.29 is 9.50 Å². The van der Waals surface area contributed by atoms with E-state index in [2.05, 4.69) is 25.8 Å². The Labute approximate surface area is 167 Å². The van der Waals surface area contributed by atoms with E-state index in [-0.39, 0.29) is 23.8 Å². The fourth-order valence-corrected chi connectivity index (χ4v) is 4.53. The Morgan fingerprint density at radius 1 is 1.21 bits per heavy atom. The number of nitrogens with one attached hydrogen (secondary N) is 1. The number of halogens is 1. The number of phenols is 1. The number of rotatable bonds is 4. The molecule has 8 nitrogen and oxygen atoms in total. The van der Waals surface area contributed by atoms with Crippen molar-refractivity contribution in [2.45, 2.75) is 31.1 Å². The van der Waals surface area contributed by atoms with Gasteiger partial charge in [0.1, 0.15) is 11.9 Å². The lowest BCUT2D eigenvalue weighted by Gasteiger charge is -2.49. The number of piperidine rings is 2. The van der Waals surface area contributed by atoms with Crippen LogP contribution < -0.4 is 10.2 Å². The van der Waals surface area contributed by atoms with E-state index in [1.165, 1.54) is 0 Å². The van der Waals surface area contributed by atoms with Gasteiger partial charge in [0, 0.05) is 31.3 Å². The molecule has 2 saturated heterocycles. The van der Waals surface area contributed by atoms with E-state index in [0.717, 1.165) is 19.4 Å². The van der Waals surface area contributed by atoms with Gasteiger partial charge in [-0.15, -0.1) is 15.3 Å². The number of nitrogens with zero attached hydrogens (tertiary/aromatic N) is 6. The summed E-state index contributed by atoms with van der Waals surface area (Å²) in [6.07, 6.45) is 4.28. The molecule has 0 amide bonds. The second kappa shape index (κ2) is 7.07. The van der Waals surface area contributed by atoms with Gasteiger partial charge in [0.05, 0.1) is 29.8 Å². The average Bonchev–Trinajstić information content (AvgIpc) is 3.29. The molecule has 1 aromatic carbocycles. The molecule has 29 heavy (non-hydrogen) atoms. The van der Waals surface area contributed by atoms with E-state index in [1.807, 2.05) is 24.1 Å². The zero-order valence-corrected chi connectivity index (χ0v) is 16.0. The smallest absolute Gasteiger partial charge is 0.151 e. The molecule has 2 aliphatic heterocycles. The first kappa shape index (κ1) is 18.0. The van der Waals surface area contributed by atoms with Crippen molar-refractivity contribution in [1.29, 1.82) is 0 Å². The van der Waals surface area contributed by atoms with Crippen LogP contribution in [-0.2, 0) is 0 Å². The van der Waals surface area contributed by atoms with Gasteiger partial charge < -0.3 is 15.3 Å². The second-order valence-corrected chi connectivity index (χ2v) is 7.72. The van der Waals surface area contributed by atoms with E-state index >= 15 is 0 Å². The minimum atomic E-state index is -0.914. The van der Waals surface area contributed by atoms with Crippen LogP contribution in [0, 0.1) is 5.92 Å². The van der Waals surface area contributed by atoms with Gasteiger partial charge >= 0.3 is 0 Å². The first-order chi connectivity index (χ1) is 14.1. The molecule has 2 bridgehead atoms. The van der Waals surface area contributed by atoms with Crippen LogP contribution in [0.25, 0.3) is 16.9 Å². The van der Waals surface area contributed by atoms with Crippen molar-refractivity contribution in [3.05, 3.63) is 42.7 Å². The first-order valence-corrected chi connectivity index (χ1v) is 9.76. The monoisotopic (exact) mass is 395 g/mol. The molecular weight excluding hydrogens is 373 g/mol. The molecule has 0 radical (unpaired) electrons. The average molecular weight is 395 g/mol. The van der Waals surface area contributed by atoms with Crippen LogP contribution in [0.5, 0.6) is 5.75 Å². The number of fused-ring (bicyclic) bond motifs is 3. The molecule has 3 aliphatic rings. The number of alkyl halides is 1. The summed E-state index contributed by atoms with van der Waals surface area (Å²) in [6.45, 7) is 0.845. The van der Waals surface area contributed by atoms with E-state index in [0.29, 0.717) is 22.8 Å². The molecule has 1 aliphatic carbocycles. The summed E-state index contributed by atoms with van der Waals surface area (Å²) in [5, 5.41) is 30.0. The maximum absolute atomic E-state index is 14.8. The Bertz CT molecular complexity index is 985. The van der Waals surface area contributed by atoms with Crippen LogP contribution in [0.4, 0.5) is 10.2 Å². The number of hydrogen-bond acceptors (Lipinski definition) is 7. The van der Waals surface area contributed by atoms with Crippen LogP contribution >= 0.6 is 0 Å². The SMILES string of the molecule is CN(c1ccc(-c2ccc(-n3ccnn3)cc2O)nn1)[C@@H]1[C@@H]2CC[C@@H](NC2)[C@H]1F. The van der Waals surface area contributed by atoms with Gasteiger partial charge in [0.25, 0.3) is 0 Å². The molecule has 9 heteroatoms. The van der Waals surface area contributed by atoms with E-state index in [4.69, 9.17) is 0 Å². The van der Waals surface area contributed by atoms with Gasteiger partial charge in [-0.1, -0.05) is 5.21 Å². The second-order valence-electron chi connectivity index (χ2n) is 7.72. The van der Waals surface area contributed by atoms with Crippen LogP contribution in [0.1, 0.15) is 12.8 Å². The number of aromatic nitrogens is 5. The number of aromatic hydroxyl groups is 1. The highest BCUT2D eigenvalue weighted by Gasteiger charge is 2.46. The first-order valence-electron chi connectivity index (χ1n) is 9.76. The topological polar surface area (TPSA) is 92.0 Å². The van der Waals surface area contributed by atoms with Crippen molar-refractivity contribution >= 4 is 5.82 Å². The lowest BCUT2D eigenvalue weighted by molar-refractivity contribution is 0.0702. The van der Waals surface area contributed by atoms with Crippen LogP contribution in [0.15, 0.2) is 42.7 Å². The van der Waals surface area contributed by atoms with Gasteiger partial charge in [-0.2, -0.15) is 0 Å². The fraction of sp³-hybridized carbons (Fsp3) is 0.400. The predicted molar refractivity (Wildman–Crippen MR) is 106 cm³/mol. The molecule has 3 aromatic rings.